The fourth-order valence-corrected chi connectivity index (χ4v) is 4.10. The number of nitrogen functional groups attached to an aromatic ring is 1. The van der Waals surface area contributed by atoms with E-state index in [2.05, 4.69) is 15.1 Å². The minimum absolute atomic E-state index is 0.0883. The molecular weight excluding hydrogens is 637 g/mol. The number of hydrogen-bond donors (Lipinski definition) is 5. The van der Waals surface area contributed by atoms with Gasteiger partial charge in [0.25, 0.3) is 0 Å². The van der Waals surface area contributed by atoms with Crippen LogP contribution in [0.2, 0.25) is 5.02 Å². The Kier molecular flexibility index (Phi) is 11.6. The predicted molar refractivity (Wildman–Crippen MR) is 158 cm³/mol. The Morgan fingerprint density at radius 3 is 2.13 bits per heavy atom. The zero-order valence-electron chi connectivity index (χ0n) is 24.0. The van der Waals surface area contributed by atoms with Gasteiger partial charge in [0, 0.05) is 28.4 Å². The largest absolute Gasteiger partial charge is 0.481 e. The van der Waals surface area contributed by atoms with Gasteiger partial charge in [-0.05, 0) is 37.1 Å². The van der Waals surface area contributed by atoms with Crippen LogP contribution in [0.5, 0.6) is 5.88 Å². The van der Waals surface area contributed by atoms with Gasteiger partial charge < -0.3 is 31.5 Å². The lowest BCUT2D eigenvalue weighted by Gasteiger charge is -2.24. The summed E-state index contributed by atoms with van der Waals surface area (Å²) in [5.74, 6) is -3.98. The molecular formula is C29H28ClF3N6O7. The van der Waals surface area contributed by atoms with Crippen molar-refractivity contribution in [3.63, 3.8) is 0 Å². The molecule has 0 fully saturated rings. The second-order valence-corrected chi connectivity index (χ2v) is 10.2. The van der Waals surface area contributed by atoms with Crippen molar-refractivity contribution in [3.8, 4) is 22.8 Å². The fourth-order valence-electron chi connectivity index (χ4n) is 3.93. The predicted octanol–water partition coefficient (Wildman–Crippen LogP) is 4.45. The number of benzene rings is 2. The summed E-state index contributed by atoms with van der Waals surface area (Å²) in [5, 5.41) is 29.2. The molecule has 0 bridgehead atoms. The zero-order chi connectivity index (χ0) is 34.2. The number of nitrogens with zero attached hydrogens (tertiary/aromatic N) is 4. The average molecular weight is 665 g/mol. The Balaban J connectivity index is 0.000000637. The van der Waals surface area contributed by atoms with Crippen molar-refractivity contribution in [2.75, 3.05) is 5.73 Å². The number of aliphatic carboxylic acids is 3. The van der Waals surface area contributed by atoms with Crippen molar-refractivity contribution in [1.29, 1.82) is 0 Å². The Morgan fingerprint density at radius 2 is 1.61 bits per heavy atom. The number of anilines is 1. The molecule has 4 rings (SSSR count). The van der Waals surface area contributed by atoms with Crippen molar-refractivity contribution in [2.45, 2.75) is 44.5 Å². The molecule has 2 heterocycles. The number of ether oxygens (including phenoxy) is 1. The van der Waals surface area contributed by atoms with Gasteiger partial charge in [-0.2, -0.15) is 23.3 Å². The number of nitrogens with two attached hydrogens (primary N) is 2. The van der Waals surface area contributed by atoms with Gasteiger partial charge in [0.15, 0.2) is 0 Å². The Labute approximate surface area is 264 Å². The third-order valence-electron chi connectivity index (χ3n) is 6.08. The van der Waals surface area contributed by atoms with E-state index in [-0.39, 0.29) is 47.2 Å². The summed E-state index contributed by atoms with van der Waals surface area (Å²) in [5.41, 5.74) is 13.2. The van der Waals surface area contributed by atoms with E-state index in [0.29, 0.717) is 16.8 Å². The fraction of sp³-hybridized carbons (Fsp3) is 0.241. The number of halogens is 4. The van der Waals surface area contributed by atoms with Crippen molar-refractivity contribution >= 4 is 35.5 Å². The van der Waals surface area contributed by atoms with E-state index in [1.807, 2.05) is 0 Å². The number of hydrogen-bond acceptors (Lipinski definition) is 9. The number of aromatic nitrogens is 4. The van der Waals surface area contributed by atoms with Gasteiger partial charge in [-0.15, -0.1) is 0 Å². The highest BCUT2D eigenvalue weighted by atomic mass is 35.5. The van der Waals surface area contributed by atoms with Crippen LogP contribution in [0.3, 0.4) is 0 Å². The third kappa shape index (κ3) is 10.2. The summed E-state index contributed by atoms with van der Waals surface area (Å²) in [6.45, 7) is 1.71. The minimum Gasteiger partial charge on any atom is -0.481 e. The number of carboxylic acid groups (broad SMARTS) is 3. The molecule has 0 spiro atoms. The smallest absolute Gasteiger partial charge is 0.429 e. The van der Waals surface area contributed by atoms with E-state index in [1.54, 1.807) is 37.3 Å². The molecule has 7 N–H and O–H groups in total. The second kappa shape index (κ2) is 15.2. The van der Waals surface area contributed by atoms with E-state index in [0.717, 1.165) is 0 Å². The summed E-state index contributed by atoms with van der Waals surface area (Å²) in [6, 6.07) is 12.2. The van der Waals surface area contributed by atoms with Crippen LogP contribution in [0.4, 0.5) is 19.1 Å². The topological polar surface area (TPSA) is 217 Å². The van der Waals surface area contributed by atoms with E-state index < -0.39 is 42.1 Å². The van der Waals surface area contributed by atoms with Crippen LogP contribution < -0.4 is 16.2 Å². The first kappa shape index (κ1) is 35.3. The van der Waals surface area contributed by atoms with Gasteiger partial charge in [0.2, 0.25) is 17.9 Å². The molecule has 0 radical (unpaired) electrons. The van der Waals surface area contributed by atoms with Crippen LogP contribution >= 0.6 is 11.6 Å². The zero-order valence-corrected chi connectivity index (χ0v) is 24.7. The molecule has 244 valence electrons. The maximum absolute atomic E-state index is 14.3. The van der Waals surface area contributed by atoms with E-state index in [4.69, 9.17) is 43.1 Å². The number of alkyl halides is 3. The number of rotatable bonds is 11. The van der Waals surface area contributed by atoms with Gasteiger partial charge in [0.05, 0.1) is 29.9 Å². The van der Waals surface area contributed by atoms with Crippen molar-refractivity contribution in [2.24, 2.45) is 5.73 Å². The maximum atomic E-state index is 14.3. The van der Waals surface area contributed by atoms with Gasteiger partial charge in [-0.1, -0.05) is 41.9 Å². The highest BCUT2D eigenvalue weighted by Gasteiger charge is 2.45. The summed E-state index contributed by atoms with van der Waals surface area (Å²) in [6.07, 6.45) is -6.24. The Hall–Kier alpha value is -5.22. The SMILES string of the molecule is Cc1ccn(-c2cc(Cl)ccc2[C@@H](Oc2cc(-c3ccc(CC(N)C(=O)O)cc3)nc(N)n2)C(F)(F)F)n1.O=C(O)CCC(=O)O. The van der Waals surface area contributed by atoms with Gasteiger partial charge in [-0.3, -0.25) is 14.4 Å². The molecule has 13 nitrogen and oxygen atoms in total. The summed E-state index contributed by atoms with van der Waals surface area (Å²) < 4.78 is 49.6. The highest BCUT2D eigenvalue weighted by Crippen LogP contribution is 2.40. The van der Waals surface area contributed by atoms with Crippen LogP contribution in [-0.2, 0) is 20.8 Å². The Bertz CT molecular complexity index is 1690. The summed E-state index contributed by atoms with van der Waals surface area (Å²) in [4.78, 5) is 38.2. The molecule has 0 aliphatic heterocycles. The van der Waals surface area contributed by atoms with Crippen LogP contribution in [0.15, 0.2) is 60.8 Å². The lowest BCUT2D eigenvalue weighted by Crippen LogP contribution is -2.32. The molecule has 2 aromatic heterocycles. The lowest BCUT2D eigenvalue weighted by molar-refractivity contribution is -0.198. The van der Waals surface area contributed by atoms with Crippen LogP contribution in [-0.4, -0.2) is 65.2 Å². The summed E-state index contributed by atoms with van der Waals surface area (Å²) >= 11 is 6.08. The van der Waals surface area contributed by atoms with Crippen molar-refractivity contribution < 1.29 is 47.6 Å². The third-order valence-corrected chi connectivity index (χ3v) is 6.31. The summed E-state index contributed by atoms with van der Waals surface area (Å²) in [7, 11) is 0. The van der Waals surface area contributed by atoms with E-state index in [1.165, 1.54) is 35.1 Å². The van der Waals surface area contributed by atoms with Crippen LogP contribution in [0, 0.1) is 6.92 Å². The molecule has 0 saturated heterocycles. The van der Waals surface area contributed by atoms with Gasteiger partial charge >= 0.3 is 24.1 Å². The molecule has 1 unspecified atom stereocenters. The van der Waals surface area contributed by atoms with Crippen LogP contribution in [0.1, 0.15) is 35.8 Å². The maximum Gasteiger partial charge on any atom is 0.429 e. The van der Waals surface area contributed by atoms with Crippen LogP contribution in [0.25, 0.3) is 16.9 Å². The Morgan fingerprint density at radius 1 is 0.978 bits per heavy atom. The number of carbonyl (C=O) groups is 3. The minimum atomic E-state index is -4.84. The molecule has 2 atom stereocenters. The first-order valence-corrected chi connectivity index (χ1v) is 13.6. The lowest BCUT2D eigenvalue weighted by atomic mass is 10.0. The average Bonchev–Trinajstić information content (AvgIpc) is 3.41. The molecule has 0 aliphatic carbocycles. The molecule has 2 aromatic carbocycles. The van der Waals surface area contributed by atoms with Gasteiger partial charge in [-0.25, -0.2) is 9.67 Å². The van der Waals surface area contributed by atoms with Crippen molar-refractivity contribution in [3.05, 3.63) is 82.6 Å². The normalized spacial score (nSPS) is 12.4. The molecule has 0 aliphatic rings. The first-order chi connectivity index (χ1) is 21.5. The first-order valence-electron chi connectivity index (χ1n) is 13.2. The second-order valence-electron chi connectivity index (χ2n) is 9.73. The molecule has 0 saturated carbocycles. The number of carboxylic acids is 3. The molecule has 17 heteroatoms. The number of aryl methyl sites for hydroxylation is 1. The van der Waals surface area contributed by atoms with Crippen molar-refractivity contribution in [1.82, 2.24) is 19.7 Å². The van der Waals surface area contributed by atoms with E-state index in [9.17, 15) is 27.6 Å². The van der Waals surface area contributed by atoms with Gasteiger partial charge in [0.1, 0.15) is 6.04 Å². The molecule has 46 heavy (non-hydrogen) atoms. The monoisotopic (exact) mass is 664 g/mol. The standard InChI is InChI=1S/C25H22ClF3N6O3.C4H6O4/c1-13-8-9-35(34-13)20-11-16(26)6-7-17(20)22(25(27,28)29)38-21-12-19(32-24(31)33-21)15-4-2-14(3-5-15)10-18(30)23(36)37;5-3(6)1-2-4(7)8/h2-9,11-12,18,22H,10,30H2,1H3,(H,36,37)(H2,31,32,33);1-2H2,(H,5,6)(H,7,8)/t18?,22-;/m1./s1. The quantitative estimate of drug-likeness (QED) is 0.150. The molecule has 4 aromatic rings. The molecule has 0 amide bonds. The van der Waals surface area contributed by atoms with E-state index >= 15 is 0 Å². The highest BCUT2D eigenvalue weighted by molar-refractivity contribution is 6.30.